The van der Waals surface area contributed by atoms with E-state index in [4.69, 9.17) is 4.74 Å². The molecule has 0 saturated heterocycles. The fourth-order valence-electron chi connectivity index (χ4n) is 2.24. The standard InChI is InChI=1S/C17H11F8NO2/c1-26-14(27)9-2-7-13(12(18)8-9)28-11-5-3-10(4-6-11)15(19,16(20,21)22)17(23,24)25/h2-8H,1H3,(H,26,27). The number of halogens is 8. The number of amides is 1. The van der Waals surface area contributed by atoms with Crippen LogP contribution >= 0.6 is 0 Å². The summed E-state index contributed by atoms with van der Waals surface area (Å²) in [4.78, 5) is 11.4. The van der Waals surface area contributed by atoms with Gasteiger partial charge < -0.3 is 10.1 Å². The molecule has 3 nitrogen and oxygen atoms in total. The van der Waals surface area contributed by atoms with E-state index in [1.54, 1.807) is 0 Å². The van der Waals surface area contributed by atoms with Crippen LogP contribution in [-0.4, -0.2) is 25.3 Å². The van der Waals surface area contributed by atoms with Gasteiger partial charge >= 0.3 is 18.0 Å². The molecule has 0 aliphatic rings. The number of hydrogen-bond donors (Lipinski definition) is 1. The smallest absolute Gasteiger partial charge is 0.435 e. The average molecular weight is 413 g/mol. The van der Waals surface area contributed by atoms with Crippen LogP contribution < -0.4 is 10.1 Å². The minimum absolute atomic E-state index is 0.0414. The van der Waals surface area contributed by atoms with Gasteiger partial charge in [-0.05, 0) is 30.3 Å². The minimum atomic E-state index is -6.24. The summed E-state index contributed by atoms with van der Waals surface area (Å²) in [6.45, 7) is 0. The zero-order chi connectivity index (χ0) is 21.3. The van der Waals surface area contributed by atoms with E-state index in [1.165, 1.54) is 13.1 Å². The minimum Gasteiger partial charge on any atom is -0.454 e. The molecular weight excluding hydrogens is 402 g/mol. The number of benzene rings is 2. The number of ether oxygens (including phenoxy) is 1. The van der Waals surface area contributed by atoms with Crippen molar-refractivity contribution >= 4 is 5.91 Å². The molecule has 0 aliphatic carbocycles. The third-order valence-corrected chi connectivity index (χ3v) is 3.68. The van der Waals surface area contributed by atoms with Gasteiger partial charge in [0.05, 0.1) is 0 Å². The summed E-state index contributed by atoms with van der Waals surface area (Å²) in [6.07, 6.45) is -12.5. The molecule has 11 heteroatoms. The molecule has 0 bridgehead atoms. The molecule has 1 amide bonds. The second kappa shape index (κ2) is 7.28. The highest BCUT2D eigenvalue weighted by Crippen LogP contribution is 2.53. The van der Waals surface area contributed by atoms with E-state index in [-0.39, 0.29) is 23.4 Å². The monoisotopic (exact) mass is 413 g/mol. The highest BCUT2D eigenvalue weighted by molar-refractivity contribution is 5.94. The van der Waals surface area contributed by atoms with Gasteiger partial charge in [-0.2, -0.15) is 26.3 Å². The molecule has 28 heavy (non-hydrogen) atoms. The van der Waals surface area contributed by atoms with Gasteiger partial charge in [0.15, 0.2) is 11.6 Å². The number of hydrogen-bond acceptors (Lipinski definition) is 2. The van der Waals surface area contributed by atoms with E-state index in [9.17, 15) is 39.9 Å². The van der Waals surface area contributed by atoms with Gasteiger partial charge in [0, 0.05) is 18.2 Å². The Labute approximate surface area is 152 Å². The Hall–Kier alpha value is -2.85. The molecule has 152 valence electrons. The summed E-state index contributed by atoms with van der Waals surface area (Å²) >= 11 is 0. The van der Waals surface area contributed by atoms with Crippen LogP contribution in [0.2, 0.25) is 0 Å². The molecule has 0 fully saturated rings. The van der Waals surface area contributed by atoms with Gasteiger partial charge in [-0.1, -0.05) is 12.1 Å². The van der Waals surface area contributed by atoms with Gasteiger partial charge in [-0.25, -0.2) is 8.78 Å². The van der Waals surface area contributed by atoms with Crippen molar-refractivity contribution in [3.63, 3.8) is 0 Å². The Morgan fingerprint density at radius 1 is 0.893 bits per heavy atom. The lowest BCUT2D eigenvalue weighted by Crippen LogP contribution is -2.50. The second-order valence-corrected chi connectivity index (χ2v) is 5.50. The first-order chi connectivity index (χ1) is 12.8. The van der Waals surface area contributed by atoms with Crippen molar-refractivity contribution in [3.05, 3.63) is 59.4 Å². The number of alkyl halides is 7. The van der Waals surface area contributed by atoms with Crippen LogP contribution in [0.25, 0.3) is 0 Å². The van der Waals surface area contributed by atoms with Crippen LogP contribution in [0.1, 0.15) is 15.9 Å². The Morgan fingerprint density at radius 3 is 1.86 bits per heavy atom. The predicted octanol–water partition coefficient (Wildman–Crippen LogP) is 5.27. The van der Waals surface area contributed by atoms with E-state index in [2.05, 4.69) is 5.32 Å². The maximum absolute atomic E-state index is 14.0. The first-order valence-electron chi connectivity index (χ1n) is 7.43. The van der Waals surface area contributed by atoms with Crippen molar-refractivity contribution in [3.8, 4) is 11.5 Å². The molecule has 2 aromatic rings. The molecule has 2 rings (SSSR count). The van der Waals surface area contributed by atoms with E-state index >= 15 is 0 Å². The van der Waals surface area contributed by atoms with Crippen LogP contribution in [0.15, 0.2) is 42.5 Å². The molecule has 0 atom stereocenters. The van der Waals surface area contributed by atoms with E-state index in [0.717, 1.165) is 12.1 Å². The van der Waals surface area contributed by atoms with E-state index in [1.807, 2.05) is 0 Å². The van der Waals surface area contributed by atoms with Gasteiger partial charge in [0.1, 0.15) is 5.75 Å². The third kappa shape index (κ3) is 3.87. The number of carbonyl (C=O) groups is 1. The molecule has 0 radical (unpaired) electrons. The maximum atomic E-state index is 14.0. The van der Waals surface area contributed by atoms with Crippen LogP contribution in [0.3, 0.4) is 0 Å². The summed E-state index contributed by atoms with van der Waals surface area (Å²) < 4.78 is 109. The predicted molar refractivity (Wildman–Crippen MR) is 81.2 cm³/mol. The summed E-state index contributed by atoms with van der Waals surface area (Å²) in [7, 11) is 1.32. The molecule has 0 saturated carbocycles. The van der Waals surface area contributed by atoms with Crippen molar-refractivity contribution in [1.29, 1.82) is 0 Å². The van der Waals surface area contributed by atoms with Gasteiger partial charge in [-0.3, -0.25) is 4.79 Å². The van der Waals surface area contributed by atoms with Crippen LogP contribution in [0.4, 0.5) is 35.1 Å². The number of rotatable bonds is 4. The molecule has 1 N–H and O–H groups in total. The van der Waals surface area contributed by atoms with Crippen molar-refractivity contribution in [2.75, 3.05) is 7.05 Å². The van der Waals surface area contributed by atoms with Crippen molar-refractivity contribution < 1.29 is 44.7 Å². The molecule has 2 aromatic carbocycles. The zero-order valence-corrected chi connectivity index (χ0v) is 13.9. The summed E-state index contributed by atoms with van der Waals surface area (Å²) in [5, 5.41) is 2.26. The SMILES string of the molecule is CNC(=O)c1ccc(Oc2ccc(C(F)(C(F)(F)F)C(F)(F)F)cc2)c(F)c1. The van der Waals surface area contributed by atoms with Crippen molar-refractivity contribution in [2.24, 2.45) is 0 Å². The van der Waals surface area contributed by atoms with Crippen molar-refractivity contribution in [1.82, 2.24) is 5.32 Å². The van der Waals surface area contributed by atoms with Gasteiger partial charge in [-0.15, -0.1) is 0 Å². The lowest BCUT2D eigenvalue weighted by molar-refractivity contribution is -0.348. The highest BCUT2D eigenvalue weighted by Gasteiger charge is 2.73. The quantitative estimate of drug-likeness (QED) is 0.694. The molecule has 0 spiro atoms. The lowest BCUT2D eigenvalue weighted by atomic mass is 9.94. The molecule has 0 unspecified atom stereocenters. The number of nitrogens with one attached hydrogen (secondary N) is 1. The average Bonchev–Trinajstić information content (AvgIpc) is 2.60. The topological polar surface area (TPSA) is 38.3 Å². The van der Waals surface area contributed by atoms with E-state index in [0.29, 0.717) is 12.1 Å². The zero-order valence-electron chi connectivity index (χ0n) is 13.9. The van der Waals surface area contributed by atoms with Crippen molar-refractivity contribution in [2.45, 2.75) is 18.0 Å². The first-order valence-corrected chi connectivity index (χ1v) is 7.43. The first kappa shape index (κ1) is 21.5. The third-order valence-electron chi connectivity index (χ3n) is 3.68. The van der Waals surface area contributed by atoms with Crippen LogP contribution in [-0.2, 0) is 5.67 Å². The van der Waals surface area contributed by atoms with Crippen LogP contribution in [0, 0.1) is 5.82 Å². The molecular formula is C17H11F8NO2. The largest absolute Gasteiger partial charge is 0.454 e. The summed E-state index contributed by atoms with van der Waals surface area (Å²) in [5.41, 5.74) is -7.31. The van der Waals surface area contributed by atoms with E-state index < -0.39 is 41.1 Å². The summed E-state index contributed by atoms with van der Waals surface area (Å²) in [6, 6.07) is 4.80. The Balaban J connectivity index is 2.32. The second-order valence-electron chi connectivity index (χ2n) is 5.50. The van der Waals surface area contributed by atoms with Crippen LogP contribution in [0.5, 0.6) is 11.5 Å². The fourth-order valence-corrected chi connectivity index (χ4v) is 2.24. The summed E-state index contributed by atoms with van der Waals surface area (Å²) in [5.74, 6) is -2.38. The Morgan fingerprint density at radius 2 is 1.43 bits per heavy atom. The highest BCUT2D eigenvalue weighted by atomic mass is 19.4. The van der Waals surface area contributed by atoms with Gasteiger partial charge in [0.2, 0.25) is 0 Å². The number of carbonyl (C=O) groups excluding carboxylic acids is 1. The normalized spacial score (nSPS) is 12.6. The Bertz CT molecular complexity index is 845. The maximum Gasteiger partial charge on any atom is 0.435 e. The molecule has 0 heterocycles. The molecule has 0 aromatic heterocycles. The molecule has 0 aliphatic heterocycles. The Kier molecular flexibility index (Phi) is 5.58. The van der Waals surface area contributed by atoms with Gasteiger partial charge in [0.25, 0.3) is 5.91 Å². The lowest BCUT2D eigenvalue weighted by Gasteiger charge is -2.30. The fraction of sp³-hybridized carbons (Fsp3) is 0.235.